The zero-order valence-corrected chi connectivity index (χ0v) is 25.1. The second-order valence-corrected chi connectivity index (χ2v) is 16.4. The van der Waals surface area contributed by atoms with Gasteiger partial charge in [-0.25, -0.2) is 0 Å². The molecule has 0 spiro atoms. The lowest BCUT2D eigenvalue weighted by molar-refractivity contribution is -0.125. The van der Waals surface area contributed by atoms with Crippen LogP contribution in [-0.2, 0) is 19.5 Å². The number of aliphatic hydroxyl groups excluding tert-OH is 1. The van der Waals surface area contributed by atoms with Gasteiger partial charge in [0, 0.05) is 6.42 Å². The molecule has 6 nitrogen and oxygen atoms in total. The zero-order chi connectivity index (χ0) is 28.3. The highest BCUT2D eigenvalue weighted by molar-refractivity contribution is 6.74. The van der Waals surface area contributed by atoms with Crippen LogP contribution in [0.5, 0.6) is 11.5 Å². The van der Waals surface area contributed by atoms with E-state index in [4.69, 9.17) is 23.4 Å². The summed E-state index contributed by atoms with van der Waals surface area (Å²) in [5.74, 6) is 1.52. The van der Waals surface area contributed by atoms with Crippen molar-refractivity contribution in [1.82, 2.24) is 0 Å². The molecule has 210 valence electrons. The average molecular weight is 551 g/mol. The van der Waals surface area contributed by atoms with E-state index in [9.17, 15) is 5.11 Å². The minimum absolute atomic E-state index is 0.0428. The van der Waals surface area contributed by atoms with Crippen LogP contribution in [0.25, 0.3) is 0 Å². The SMILES string of the molecule is COc1ccc(C(OC[C@H]2O[C@H](O[Si](C)(C)C(C)(C)C)C[C@@H]2O)(c2ccccc2)c2ccc(OC)cc2)cc1. The molecule has 1 heterocycles. The van der Waals surface area contributed by atoms with Gasteiger partial charge < -0.3 is 28.5 Å². The van der Waals surface area contributed by atoms with Crippen molar-refractivity contribution >= 4 is 8.32 Å². The predicted molar refractivity (Wildman–Crippen MR) is 156 cm³/mol. The normalized spacial score (nSPS) is 20.2. The Kier molecular flexibility index (Phi) is 8.88. The number of rotatable bonds is 10. The summed E-state index contributed by atoms with van der Waals surface area (Å²) in [6, 6.07) is 25.9. The van der Waals surface area contributed by atoms with Crippen molar-refractivity contribution in [2.75, 3.05) is 20.8 Å². The number of hydrogen-bond donors (Lipinski definition) is 1. The maximum Gasteiger partial charge on any atom is 0.195 e. The van der Waals surface area contributed by atoms with Gasteiger partial charge in [-0.3, -0.25) is 0 Å². The first-order valence-electron chi connectivity index (χ1n) is 13.5. The molecule has 1 saturated heterocycles. The Morgan fingerprint density at radius 3 is 1.74 bits per heavy atom. The van der Waals surface area contributed by atoms with Crippen LogP contribution in [0.2, 0.25) is 18.1 Å². The van der Waals surface area contributed by atoms with E-state index in [0.29, 0.717) is 6.42 Å². The van der Waals surface area contributed by atoms with Crippen LogP contribution in [0.3, 0.4) is 0 Å². The highest BCUT2D eigenvalue weighted by Crippen LogP contribution is 2.43. The summed E-state index contributed by atoms with van der Waals surface area (Å²) >= 11 is 0. The second kappa shape index (κ2) is 11.8. The molecule has 1 aliphatic rings. The first kappa shape index (κ1) is 29.3. The summed E-state index contributed by atoms with van der Waals surface area (Å²) in [5.41, 5.74) is 1.85. The van der Waals surface area contributed by atoms with E-state index in [1.807, 2.05) is 66.7 Å². The molecular weight excluding hydrogens is 508 g/mol. The van der Waals surface area contributed by atoms with Crippen molar-refractivity contribution in [3.8, 4) is 11.5 Å². The van der Waals surface area contributed by atoms with Gasteiger partial charge in [-0.2, -0.15) is 0 Å². The maximum atomic E-state index is 11.0. The molecule has 3 atom stereocenters. The number of ether oxygens (including phenoxy) is 4. The van der Waals surface area contributed by atoms with Gasteiger partial charge in [0.15, 0.2) is 14.6 Å². The van der Waals surface area contributed by atoms with Gasteiger partial charge in [-0.05, 0) is 59.1 Å². The van der Waals surface area contributed by atoms with Gasteiger partial charge in [0.2, 0.25) is 0 Å². The third-order valence-corrected chi connectivity index (χ3v) is 12.5. The van der Waals surface area contributed by atoms with Crippen LogP contribution < -0.4 is 9.47 Å². The Morgan fingerprint density at radius 2 is 1.28 bits per heavy atom. The molecule has 1 N–H and O–H groups in total. The highest BCUT2D eigenvalue weighted by Gasteiger charge is 2.45. The van der Waals surface area contributed by atoms with Crippen LogP contribution in [0, 0.1) is 0 Å². The molecule has 1 fully saturated rings. The molecule has 0 amide bonds. The number of aliphatic hydroxyl groups is 1. The number of benzene rings is 3. The number of hydrogen-bond acceptors (Lipinski definition) is 6. The molecule has 1 aliphatic heterocycles. The molecule has 3 aromatic carbocycles. The third-order valence-electron chi connectivity index (χ3n) is 8.06. The summed E-state index contributed by atoms with van der Waals surface area (Å²) in [4.78, 5) is 0. The van der Waals surface area contributed by atoms with Gasteiger partial charge in [0.25, 0.3) is 0 Å². The largest absolute Gasteiger partial charge is 0.497 e. The van der Waals surface area contributed by atoms with Gasteiger partial charge in [0.05, 0.1) is 26.9 Å². The Labute approximate surface area is 234 Å². The van der Waals surface area contributed by atoms with Crippen LogP contribution in [0.4, 0.5) is 0 Å². The first-order chi connectivity index (χ1) is 18.5. The summed E-state index contributed by atoms with van der Waals surface area (Å²) in [5, 5.41) is 11.0. The Bertz CT molecular complexity index is 1140. The minimum Gasteiger partial charge on any atom is -0.497 e. The lowest BCUT2D eigenvalue weighted by Crippen LogP contribution is -2.44. The van der Waals surface area contributed by atoms with Crippen molar-refractivity contribution in [2.24, 2.45) is 0 Å². The van der Waals surface area contributed by atoms with Crippen LogP contribution >= 0.6 is 0 Å². The standard InChI is InChI=1S/C32H42O6Si/c1-31(2,3)39(6,7)38-30-21-28(33)29(37-30)22-36-32(23-11-9-8-10-12-23,24-13-17-26(34-4)18-14-24)25-15-19-27(35-5)20-16-25/h8-20,28-30,33H,21-22H2,1-7H3/t28-,29+,30+/m0/s1. The van der Waals surface area contributed by atoms with Gasteiger partial charge in [-0.15, -0.1) is 0 Å². The minimum atomic E-state index is -2.07. The fourth-order valence-corrected chi connectivity index (χ4v) is 5.87. The molecule has 0 aliphatic carbocycles. The summed E-state index contributed by atoms with van der Waals surface area (Å²) in [7, 11) is 1.24. The van der Waals surface area contributed by atoms with Crippen molar-refractivity contribution < 1.29 is 28.5 Å². The Balaban J connectivity index is 1.70. The van der Waals surface area contributed by atoms with Gasteiger partial charge >= 0.3 is 0 Å². The van der Waals surface area contributed by atoms with E-state index in [1.165, 1.54) is 0 Å². The number of methoxy groups -OCH3 is 2. The van der Waals surface area contributed by atoms with E-state index in [2.05, 4.69) is 46.0 Å². The summed E-state index contributed by atoms with van der Waals surface area (Å²) in [6.45, 7) is 11.2. The third kappa shape index (κ3) is 6.23. The summed E-state index contributed by atoms with van der Waals surface area (Å²) in [6.07, 6.45) is -1.26. The monoisotopic (exact) mass is 550 g/mol. The molecule has 0 saturated carbocycles. The predicted octanol–water partition coefficient (Wildman–Crippen LogP) is 6.51. The second-order valence-electron chi connectivity index (χ2n) is 11.6. The van der Waals surface area contributed by atoms with E-state index in [-0.39, 0.29) is 11.6 Å². The van der Waals surface area contributed by atoms with Crippen LogP contribution in [-0.4, -0.2) is 52.7 Å². The maximum absolute atomic E-state index is 11.0. The molecule has 0 unspecified atom stereocenters. The van der Waals surface area contributed by atoms with E-state index < -0.39 is 32.4 Å². The van der Waals surface area contributed by atoms with Crippen LogP contribution in [0.1, 0.15) is 43.9 Å². The Morgan fingerprint density at radius 1 is 0.795 bits per heavy atom. The molecule has 0 bridgehead atoms. The molecule has 0 radical (unpaired) electrons. The van der Waals surface area contributed by atoms with Crippen molar-refractivity contribution in [3.63, 3.8) is 0 Å². The molecule has 7 heteroatoms. The fraction of sp³-hybridized carbons (Fsp3) is 0.438. The molecule has 0 aromatic heterocycles. The topological polar surface area (TPSA) is 66.4 Å². The smallest absolute Gasteiger partial charge is 0.195 e. The van der Waals surface area contributed by atoms with E-state index >= 15 is 0 Å². The lowest BCUT2D eigenvalue weighted by atomic mass is 9.80. The molecule has 3 aromatic rings. The van der Waals surface area contributed by atoms with E-state index in [0.717, 1.165) is 28.2 Å². The van der Waals surface area contributed by atoms with Crippen molar-refractivity contribution in [1.29, 1.82) is 0 Å². The van der Waals surface area contributed by atoms with Gasteiger partial charge in [0.1, 0.15) is 23.2 Å². The highest BCUT2D eigenvalue weighted by atomic mass is 28.4. The van der Waals surface area contributed by atoms with Crippen molar-refractivity contribution in [3.05, 3.63) is 95.6 Å². The summed E-state index contributed by atoms with van der Waals surface area (Å²) < 4.78 is 30.5. The average Bonchev–Trinajstić information content (AvgIpc) is 3.27. The van der Waals surface area contributed by atoms with Crippen molar-refractivity contribution in [2.45, 2.75) is 69.4 Å². The van der Waals surface area contributed by atoms with E-state index in [1.54, 1.807) is 14.2 Å². The quantitative estimate of drug-likeness (QED) is 0.229. The fourth-order valence-electron chi connectivity index (χ4n) is 4.70. The lowest BCUT2D eigenvalue weighted by Gasteiger charge is -2.38. The molecule has 4 rings (SSSR count). The van der Waals surface area contributed by atoms with Crippen LogP contribution in [0.15, 0.2) is 78.9 Å². The Hall–Kier alpha value is -2.68. The molecule has 39 heavy (non-hydrogen) atoms. The van der Waals surface area contributed by atoms with Gasteiger partial charge in [-0.1, -0.05) is 75.4 Å². The zero-order valence-electron chi connectivity index (χ0n) is 24.1. The molecular formula is C32H42O6Si. The first-order valence-corrected chi connectivity index (χ1v) is 16.4.